The predicted octanol–water partition coefficient (Wildman–Crippen LogP) is 1.61. The van der Waals surface area contributed by atoms with Gasteiger partial charge in [-0.3, -0.25) is 0 Å². The fourth-order valence-electron chi connectivity index (χ4n) is 3.71. The summed E-state index contributed by atoms with van der Waals surface area (Å²) < 4.78 is 27.6. The molecule has 3 rings (SSSR count). The molecule has 5 nitrogen and oxygen atoms in total. The van der Waals surface area contributed by atoms with Gasteiger partial charge in [-0.2, -0.15) is 4.31 Å². The maximum atomic E-state index is 13.0. The van der Waals surface area contributed by atoms with Gasteiger partial charge in [-0.1, -0.05) is 12.1 Å². The van der Waals surface area contributed by atoms with E-state index in [4.69, 9.17) is 0 Å². The van der Waals surface area contributed by atoms with E-state index >= 15 is 0 Å². The molecule has 0 unspecified atom stereocenters. The van der Waals surface area contributed by atoms with Gasteiger partial charge in [-0.25, -0.2) is 8.42 Å². The minimum atomic E-state index is -3.38. The number of benzene rings is 1. The second-order valence-electron chi connectivity index (χ2n) is 7.17. The molecule has 1 aromatic carbocycles. The highest BCUT2D eigenvalue weighted by Gasteiger charge is 2.30. The molecule has 1 N–H and O–H groups in total. The average Bonchev–Trinajstić information content (AvgIpc) is 2.58. The molecule has 0 aromatic heterocycles. The van der Waals surface area contributed by atoms with E-state index in [1.165, 1.54) is 12.8 Å². The quantitative estimate of drug-likeness (QED) is 0.895. The van der Waals surface area contributed by atoms with Crippen molar-refractivity contribution in [1.82, 2.24) is 14.5 Å². The molecule has 24 heavy (non-hydrogen) atoms. The highest BCUT2D eigenvalue weighted by atomic mass is 32.2. The minimum Gasteiger partial charge on any atom is -0.317 e. The first-order chi connectivity index (χ1) is 11.5. The van der Waals surface area contributed by atoms with Gasteiger partial charge in [-0.15, -0.1) is 0 Å². The molecule has 2 aliphatic heterocycles. The van der Waals surface area contributed by atoms with Crippen LogP contribution in [-0.4, -0.2) is 63.4 Å². The maximum Gasteiger partial charge on any atom is 0.243 e. The van der Waals surface area contributed by atoms with Crippen molar-refractivity contribution >= 4 is 10.0 Å². The largest absolute Gasteiger partial charge is 0.317 e. The van der Waals surface area contributed by atoms with Crippen LogP contribution in [0.2, 0.25) is 0 Å². The SMILES string of the molecule is Cc1ccc(C)c(S(=O)(=O)N2CCN(CC3CCNCC3)CC2)c1. The zero-order chi connectivity index (χ0) is 17.2. The number of aryl methyl sites for hydroxylation is 2. The van der Waals surface area contributed by atoms with E-state index < -0.39 is 10.0 Å². The van der Waals surface area contributed by atoms with Crippen molar-refractivity contribution in [2.75, 3.05) is 45.8 Å². The summed E-state index contributed by atoms with van der Waals surface area (Å²) in [6.07, 6.45) is 2.47. The van der Waals surface area contributed by atoms with Crippen molar-refractivity contribution in [2.45, 2.75) is 31.6 Å². The Balaban J connectivity index is 1.62. The molecule has 134 valence electrons. The Morgan fingerprint density at radius 2 is 1.75 bits per heavy atom. The standard InChI is InChI=1S/C18H29N3O2S/c1-15-3-4-16(2)18(13-15)24(22,23)21-11-9-20(10-12-21)14-17-5-7-19-8-6-17/h3-4,13,17,19H,5-12,14H2,1-2H3. The van der Waals surface area contributed by atoms with E-state index in [-0.39, 0.29) is 0 Å². The van der Waals surface area contributed by atoms with Gasteiger partial charge in [0.15, 0.2) is 0 Å². The van der Waals surface area contributed by atoms with Crippen LogP contribution in [0, 0.1) is 19.8 Å². The number of piperidine rings is 1. The molecule has 2 aliphatic rings. The first kappa shape index (κ1) is 17.9. The molecule has 0 saturated carbocycles. The van der Waals surface area contributed by atoms with Gasteiger partial charge >= 0.3 is 0 Å². The third kappa shape index (κ3) is 3.99. The summed E-state index contributed by atoms with van der Waals surface area (Å²) in [4.78, 5) is 2.90. The molecule has 0 aliphatic carbocycles. The molecule has 1 aromatic rings. The molecular formula is C18H29N3O2S. The maximum absolute atomic E-state index is 13.0. The number of nitrogens with one attached hydrogen (secondary N) is 1. The Hall–Kier alpha value is -0.950. The third-order valence-electron chi connectivity index (χ3n) is 5.27. The van der Waals surface area contributed by atoms with Gasteiger partial charge < -0.3 is 10.2 Å². The summed E-state index contributed by atoms with van der Waals surface area (Å²) in [5.41, 5.74) is 1.82. The van der Waals surface area contributed by atoms with E-state index in [9.17, 15) is 8.42 Å². The Kier molecular flexibility index (Phi) is 5.59. The van der Waals surface area contributed by atoms with Gasteiger partial charge in [0.1, 0.15) is 0 Å². The molecule has 0 bridgehead atoms. The van der Waals surface area contributed by atoms with Crippen LogP contribution in [0.3, 0.4) is 0 Å². The molecule has 2 fully saturated rings. The lowest BCUT2D eigenvalue weighted by atomic mass is 9.97. The lowest BCUT2D eigenvalue weighted by molar-refractivity contribution is 0.152. The first-order valence-electron chi connectivity index (χ1n) is 8.97. The van der Waals surface area contributed by atoms with Gasteiger partial charge in [-0.05, 0) is 62.9 Å². The number of sulfonamides is 1. The number of nitrogens with zero attached hydrogens (tertiary/aromatic N) is 2. The summed E-state index contributed by atoms with van der Waals surface area (Å²) in [6.45, 7) is 10.0. The minimum absolute atomic E-state index is 0.467. The molecule has 0 radical (unpaired) electrons. The van der Waals surface area contributed by atoms with Crippen molar-refractivity contribution in [3.8, 4) is 0 Å². The van der Waals surface area contributed by atoms with Gasteiger partial charge in [0, 0.05) is 32.7 Å². The monoisotopic (exact) mass is 351 g/mol. The number of piperazine rings is 1. The van der Waals surface area contributed by atoms with Crippen molar-refractivity contribution in [1.29, 1.82) is 0 Å². The molecule has 6 heteroatoms. The van der Waals surface area contributed by atoms with Gasteiger partial charge in [0.25, 0.3) is 0 Å². The van der Waals surface area contributed by atoms with Crippen LogP contribution in [0.25, 0.3) is 0 Å². The van der Waals surface area contributed by atoms with Crippen LogP contribution in [0.1, 0.15) is 24.0 Å². The predicted molar refractivity (Wildman–Crippen MR) is 96.7 cm³/mol. The normalized spacial score (nSPS) is 21.9. The smallest absolute Gasteiger partial charge is 0.243 e. The third-order valence-corrected chi connectivity index (χ3v) is 7.31. The summed E-state index contributed by atoms with van der Waals surface area (Å²) in [6, 6.07) is 5.66. The molecular weight excluding hydrogens is 322 g/mol. The summed E-state index contributed by atoms with van der Waals surface area (Å²) >= 11 is 0. The van der Waals surface area contributed by atoms with Gasteiger partial charge in [0.05, 0.1) is 4.90 Å². The summed E-state index contributed by atoms with van der Waals surface area (Å²) in [7, 11) is -3.38. The zero-order valence-electron chi connectivity index (χ0n) is 14.8. The van der Waals surface area contributed by atoms with Crippen LogP contribution in [0.15, 0.2) is 23.1 Å². The topological polar surface area (TPSA) is 52.7 Å². The van der Waals surface area contributed by atoms with Crippen LogP contribution in [0.5, 0.6) is 0 Å². The number of rotatable bonds is 4. The number of hydrogen-bond acceptors (Lipinski definition) is 4. The van der Waals surface area contributed by atoms with Crippen LogP contribution in [-0.2, 0) is 10.0 Å². The number of hydrogen-bond donors (Lipinski definition) is 1. The molecule has 0 atom stereocenters. The van der Waals surface area contributed by atoms with E-state index in [1.54, 1.807) is 10.4 Å². The molecule has 0 spiro atoms. The van der Waals surface area contributed by atoms with Crippen molar-refractivity contribution in [3.05, 3.63) is 29.3 Å². The van der Waals surface area contributed by atoms with Crippen molar-refractivity contribution in [2.24, 2.45) is 5.92 Å². The second kappa shape index (κ2) is 7.52. The fraction of sp³-hybridized carbons (Fsp3) is 0.667. The van der Waals surface area contributed by atoms with Crippen molar-refractivity contribution in [3.63, 3.8) is 0 Å². The highest BCUT2D eigenvalue weighted by Crippen LogP contribution is 2.23. The van der Waals surface area contributed by atoms with Gasteiger partial charge in [0.2, 0.25) is 10.0 Å². The lowest BCUT2D eigenvalue weighted by Crippen LogP contribution is -2.50. The summed E-state index contributed by atoms with van der Waals surface area (Å²) in [5, 5.41) is 3.40. The fourth-order valence-corrected chi connectivity index (χ4v) is 5.44. The Morgan fingerprint density at radius 3 is 2.42 bits per heavy atom. The molecule has 2 heterocycles. The van der Waals surface area contributed by atoms with Crippen LogP contribution in [0.4, 0.5) is 0 Å². The second-order valence-corrected chi connectivity index (χ2v) is 9.07. The Morgan fingerprint density at radius 1 is 1.08 bits per heavy atom. The average molecular weight is 352 g/mol. The van der Waals surface area contributed by atoms with E-state index in [0.29, 0.717) is 18.0 Å². The van der Waals surface area contributed by atoms with E-state index in [0.717, 1.165) is 49.8 Å². The van der Waals surface area contributed by atoms with Crippen LogP contribution < -0.4 is 5.32 Å². The highest BCUT2D eigenvalue weighted by molar-refractivity contribution is 7.89. The van der Waals surface area contributed by atoms with Crippen LogP contribution >= 0.6 is 0 Å². The molecule has 0 amide bonds. The summed E-state index contributed by atoms with van der Waals surface area (Å²) in [5.74, 6) is 0.758. The molecule has 2 saturated heterocycles. The Bertz CT molecular complexity index is 661. The lowest BCUT2D eigenvalue weighted by Gasteiger charge is -2.36. The Labute approximate surface area is 146 Å². The van der Waals surface area contributed by atoms with E-state index in [1.807, 2.05) is 26.0 Å². The van der Waals surface area contributed by atoms with Crippen molar-refractivity contribution < 1.29 is 8.42 Å². The van der Waals surface area contributed by atoms with E-state index in [2.05, 4.69) is 10.2 Å². The first-order valence-corrected chi connectivity index (χ1v) is 10.4. The zero-order valence-corrected chi connectivity index (χ0v) is 15.6.